The van der Waals surface area contributed by atoms with E-state index in [0.717, 1.165) is 5.56 Å². The minimum absolute atomic E-state index is 0.316. The van der Waals surface area contributed by atoms with Gasteiger partial charge in [0.2, 0.25) is 5.95 Å². The fourth-order valence-corrected chi connectivity index (χ4v) is 3.27. The van der Waals surface area contributed by atoms with Gasteiger partial charge < -0.3 is 10.6 Å². The van der Waals surface area contributed by atoms with Gasteiger partial charge in [-0.2, -0.15) is 10.1 Å². The van der Waals surface area contributed by atoms with Crippen LogP contribution in [0.25, 0.3) is 0 Å². The summed E-state index contributed by atoms with van der Waals surface area (Å²) in [6, 6.07) is 13.2. The number of aromatic nitrogens is 3. The highest BCUT2D eigenvalue weighted by molar-refractivity contribution is 6.06. The zero-order chi connectivity index (χ0) is 19.0. The summed E-state index contributed by atoms with van der Waals surface area (Å²) in [5, 5.41) is 10.2. The molecule has 1 aliphatic heterocycles. The normalized spacial score (nSPS) is 15.9. The van der Waals surface area contributed by atoms with Gasteiger partial charge in [-0.05, 0) is 31.5 Å². The molecular formula is C20H18FN5O. The van der Waals surface area contributed by atoms with Crippen LogP contribution >= 0.6 is 0 Å². The molecule has 0 saturated carbocycles. The Hall–Kier alpha value is -3.48. The number of anilines is 2. The van der Waals surface area contributed by atoms with Crippen molar-refractivity contribution >= 4 is 17.5 Å². The molecular weight excluding hydrogens is 345 g/mol. The average molecular weight is 363 g/mol. The van der Waals surface area contributed by atoms with Gasteiger partial charge in [0.15, 0.2) is 0 Å². The van der Waals surface area contributed by atoms with Crippen LogP contribution in [-0.2, 0) is 4.79 Å². The number of carbonyl (C=O) groups excluding carboxylic acids is 1. The Labute approximate surface area is 155 Å². The van der Waals surface area contributed by atoms with Crippen LogP contribution in [0.15, 0.2) is 66.1 Å². The van der Waals surface area contributed by atoms with Crippen molar-refractivity contribution in [2.24, 2.45) is 0 Å². The first-order valence-corrected chi connectivity index (χ1v) is 8.55. The summed E-state index contributed by atoms with van der Waals surface area (Å²) in [4.78, 5) is 17.3. The number of benzene rings is 2. The Morgan fingerprint density at radius 3 is 2.67 bits per heavy atom. The molecule has 0 bridgehead atoms. The highest BCUT2D eigenvalue weighted by Crippen LogP contribution is 2.36. The fraction of sp³-hybridized carbons (Fsp3) is 0.150. The summed E-state index contributed by atoms with van der Waals surface area (Å²) >= 11 is 0. The Kier molecular flexibility index (Phi) is 4.19. The average Bonchev–Trinajstić information content (AvgIpc) is 3.11. The van der Waals surface area contributed by atoms with E-state index in [9.17, 15) is 9.18 Å². The quantitative estimate of drug-likeness (QED) is 0.745. The number of nitrogens with zero attached hydrogens (tertiary/aromatic N) is 3. The number of fused-ring (bicyclic) bond motifs is 1. The third kappa shape index (κ3) is 2.97. The van der Waals surface area contributed by atoms with Gasteiger partial charge in [-0.1, -0.05) is 36.4 Å². The molecule has 0 saturated heterocycles. The standard InChI is InChI=1S/C20H18FN5O/c1-12-7-3-6-10-16(12)25-19(27)17-13(2)24-20-22-11-23-26(20)18(17)14-8-4-5-9-15(14)21/h3-11,18H,1-2H3,(H,25,27)(H,22,23,24)/t18-/m1/s1. The molecule has 2 heterocycles. The maximum Gasteiger partial charge on any atom is 0.255 e. The van der Waals surface area contributed by atoms with Gasteiger partial charge in [-0.25, -0.2) is 9.07 Å². The van der Waals surface area contributed by atoms with E-state index in [-0.39, 0.29) is 5.91 Å². The molecule has 6 nitrogen and oxygen atoms in total. The molecule has 0 fully saturated rings. The van der Waals surface area contributed by atoms with Gasteiger partial charge in [-0.15, -0.1) is 0 Å². The Bertz CT molecular complexity index is 1060. The van der Waals surface area contributed by atoms with Crippen molar-refractivity contribution in [3.05, 3.63) is 83.1 Å². The number of para-hydroxylation sites is 1. The lowest BCUT2D eigenvalue weighted by molar-refractivity contribution is -0.113. The first-order chi connectivity index (χ1) is 13.1. The lowest BCUT2D eigenvalue weighted by atomic mass is 9.94. The maximum atomic E-state index is 14.6. The van der Waals surface area contributed by atoms with Crippen LogP contribution in [0.3, 0.4) is 0 Å². The Morgan fingerprint density at radius 1 is 1.15 bits per heavy atom. The second-order valence-corrected chi connectivity index (χ2v) is 6.38. The van der Waals surface area contributed by atoms with Gasteiger partial charge >= 0.3 is 0 Å². The molecule has 2 N–H and O–H groups in total. The highest BCUT2D eigenvalue weighted by Gasteiger charge is 2.34. The SMILES string of the molecule is CC1=C(C(=O)Nc2ccccc2C)[C@@H](c2ccccc2F)n2ncnc2N1. The number of aryl methyl sites for hydroxylation is 1. The molecule has 1 aromatic heterocycles. The molecule has 4 rings (SSSR count). The van der Waals surface area contributed by atoms with Gasteiger partial charge in [0.05, 0.1) is 5.57 Å². The molecule has 2 aromatic carbocycles. The van der Waals surface area contributed by atoms with Crippen LogP contribution < -0.4 is 10.6 Å². The van der Waals surface area contributed by atoms with E-state index in [0.29, 0.717) is 28.5 Å². The van der Waals surface area contributed by atoms with Crippen molar-refractivity contribution in [2.75, 3.05) is 10.6 Å². The maximum absolute atomic E-state index is 14.6. The largest absolute Gasteiger partial charge is 0.328 e. The molecule has 0 radical (unpaired) electrons. The summed E-state index contributed by atoms with van der Waals surface area (Å²) in [6.45, 7) is 3.69. The van der Waals surface area contributed by atoms with Crippen LogP contribution in [0, 0.1) is 12.7 Å². The van der Waals surface area contributed by atoms with E-state index in [1.54, 1.807) is 25.1 Å². The van der Waals surface area contributed by atoms with E-state index in [1.165, 1.54) is 17.1 Å². The summed E-state index contributed by atoms with van der Waals surface area (Å²) in [5.41, 5.74) is 3.01. The predicted molar refractivity (Wildman–Crippen MR) is 101 cm³/mol. The molecule has 3 aromatic rings. The van der Waals surface area contributed by atoms with Gasteiger partial charge in [0.1, 0.15) is 18.2 Å². The summed E-state index contributed by atoms with van der Waals surface area (Å²) < 4.78 is 16.1. The van der Waals surface area contributed by atoms with Crippen molar-refractivity contribution in [1.29, 1.82) is 0 Å². The van der Waals surface area contributed by atoms with Crippen molar-refractivity contribution in [1.82, 2.24) is 14.8 Å². The smallest absolute Gasteiger partial charge is 0.255 e. The molecule has 7 heteroatoms. The molecule has 1 aliphatic rings. The van der Waals surface area contributed by atoms with Gasteiger partial charge in [-0.3, -0.25) is 4.79 Å². The van der Waals surface area contributed by atoms with E-state index in [1.807, 2.05) is 31.2 Å². The third-order valence-corrected chi connectivity index (χ3v) is 4.63. The van der Waals surface area contributed by atoms with Crippen molar-refractivity contribution < 1.29 is 9.18 Å². The van der Waals surface area contributed by atoms with Crippen LogP contribution in [-0.4, -0.2) is 20.7 Å². The van der Waals surface area contributed by atoms with Crippen LogP contribution in [0.4, 0.5) is 16.0 Å². The van der Waals surface area contributed by atoms with Crippen molar-refractivity contribution in [2.45, 2.75) is 19.9 Å². The van der Waals surface area contributed by atoms with Crippen LogP contribution in [0.1, 0.15) is 24.1 Å². The first kappa shape index (κ1) is 17.0. The van der Waals surface area contributed by atoms with E-state index >= 15 is 0 Å². The Balaban J connectivity index is 1.80. The Morgan fingerprint density at radius 2 is 1.89 bits per heavy atom. The lowest BCUT2D eigenvalue weighted by Gasteiger charge is -2.29. The topological polar surface area (TPSA) is 71.8 Å². The first-order valence-electron chi connectivity index (χ1n) is 8.55. The van der Waals surface area contributed by atoms with Crippen molar-refractivity contribution in [3.8, 4) is 0 Å². The zero-order valence-electron chi connectivity index (χ0n) is 14.9. The minimum atomic E-state index is -0.714. The monoisotopic (exact) mass is 363 g/mol. The molecule has 0 aliphatic carbocycles. The molecule has 0 spiro atoms. The highest BCUT2D eigenvalue weighted by atomic mass is 19.1. The number of allylic oxidation sites excluding steroid dienone is 1. The van der Waals surface area contributed by atoms with E-state index < -0.39 is 11.9 Å². The molecule has 1 atom stereocenters. The molecule has 136 valence electrons. The number of amides is 1. The van der Waals surface area contributed by atoms with Gasteiger partial charge in [0, 0.05) is 16.9 Å². The summed E-state index contributed by atoms with van der Waals surface area (Å²) in [7, 11) is 0. The minimum Gasteiger partial charge on any atom is -0.328 e. The molecule has 0 unspecified atom stereocenters. The van der Waals surface area contributed by atoms with Crippen molar-refractivity contribution in [3.63, 3.8) is 0 Å². The number of halogens is 1. The number of nitrogens with one attached hydrogen (secondary N) is 2. The molecule has 27 heavy (non-hydrogen) atoms. The summed E-state index contributed by atoms with van der Waals surface area (Å²) in [5.74, 6) is -0.253. The molecule has 1 amide bonds. The zero-order valence-corrected chi connectivity index (χ0v) is 14.9. The predicted octanol–water partition coefficient (Wildman–Crippen LogP) is 3.65. The van der Waals surface area contributed by atoms with Crippen LogP contribution in [0.2, 0.25) is 0 Å². The second-order valence-electron chi connectivity index (χ2n) is 6.38. The van der Waals surface area contributed by atoms with E-state index in [2.05, 4.69) is 20.7 Å². The summed E-state index contributed by atoms with van der Waals surface area (Å²) in [6.07, 6.45) is 1.38. The number of hydrogen-bond acceptors (Lipinski definition) is 4. The second kappa shape index (κ2) is 6.68. The fourth-order valence-electron chi connectivity index (χ4n) is 3.27. The lowest BCUT2D eigenvalue weighted by Crippen LogP contribution is -2.32. The number of hydrogen-bond donors (Lipinski definition) is 2. The third-order valence-electron chi connectivity index (χ3n) is 4.63. The van der Waals surface area contributed by atoms with E-state index in [4.69, 9.17) is 0 Å². The van der Waals surface area contributed by atoms with Crippen LogP contribution in [0.5, 0.6) is 0 Å². The van der Waals surface area contributed by atoms with Gasteiger partial charge in [0.25, 0.3) is 5.91 Å². The number of rotatable bonds is 3. The number of carbonyl (C=O) groups is 1.